The maximum atomic E-state index is 10.7. The van der Waals surface area contributed by atoms with Gasteiger partial charge in [-0.25, -0.2) is 0 Å². The van der Waals surface area contributed by atoms with E-state index in [1.807, 2.05) is 6.92 Å². The summed E-state index contributed by atoms with van der Waals surface area (Å²) in [5, 5.41) is 0. The summed E-state index contributed by atoms with van der Waals surface area (Å²) in [4.78, 5) is 10.7. The first-order valence-corrected chi connectivity index (χ1v) is 3.96. The SMILES string of the molecule is CCCCCC(=O)OCC.[Fe+2]. The summed E-state index contributed by atoms with van der Waals surface area (Å²) in [7, 11) is 0. The van der Waals surface area contributed by atoms with Gasteiger partial charge < -0.3 is 4.74 Å². The van der Waals surface area contributed by atoms with Crippen LogP contribution in [0.2, 0.25) is 0 Å². The number of hydrogen-bond donors (Lipinski definition) is 0. The Morgan fingerprint density at radius 2 is 1.91 bits per heavy atom. The monoisotopic (exact) mass is 200 g/mol. The van der Waals surface area contributed by atoms with Crippen LogP contribution in [0.25, 0.3) is 0 Å². The second-order valence-corrected chi connectivity index (χ2v) is 2.26. The molecule has 0 aromatic rings. The van der Waals surface area contributed by atoms with Crippen LogP contribution in [0.15, 0.2) is 0 Å². The molecular formula is C8H16FeO2+2. The first kappa shape index (κ1) is 13.6. The first-order valence-electron chi connectivity index (χ1n) is 3.96. The van der Waals surface area contributed by atoms with Gasteiger partial charge in [-0.1, -0.05) is 19.8 Å². The van der Waals surface area contributed by atoms with E-state index in [4.69, 9.17) is 4.74 Å². The van der Waals surface area contributed by atoms with Gasteiger partial charge >= 0.3 is 23.0 Å². The van der Waals surface area contributed by atoms with E-state index in [0.29, 0.717) is 13.0 Å². The third-order valence-electron chi connectivity index (χ3n) is 1.29. The molecule has 0 saturated carbocycles. The van der Waals surface area contributed by atoms with Crippen molar-refractivity contribution in [3.8, 4) is 0 Å². The smallest absolute Gasteiger partial charge is 0.466 e. The number of ether oxygens (including phenoxy) is 1. The average molecular weight is 200 g/mol. The number of hydrogen-bond acceptors (Lipinski definition) is 2. The Morgan fingerprint density at radius 1 is 1.27 bits per heavy atom. The van der Waals surface area contributed by atoms with Crippen molar-refractivity contribution < 1.29 is 26.6 Å². The van der Waals surface area contributed by atoms with Crippen LogP contribution in [0, 0.1) is 0 Å². The molecule has 0 aliphatic rings. The van der Waals surface area contributed by atoms with Gasteiger partial charge in [-0.15, -0.1) is 0 Å². The fourth-order valence-corrected chi connectivity index (χ4v) is 0.752. The van der Waals surface area contributed by atoms with E-state index in [1.54, 1.807) is 0 Å². The van der Waals surface area contributed by atoms with Crippen LogP contribution >= 0.6 is 0 Å². The Balaban J connectivity index is 0. The average Bonchev–Trinajstić information content (AvgIpc) is 1.89. The standard InChI is InChI=1S/C8H16O2.Fe/c1-3-5-6-7-8(9)10-4-2;/h3-7H2,1-2H3;/q;+2. The van der Waals surface area contributed by atoms with Crippen LogP contribution in [-0.2, 0) is 26.6 Å². The minimum Gasteiger partial charge on any atom is -0.466 e. The molecule has 0 N–H and O–H groups in total. The van der Waals surface area contributed by atoms with Crippen LogP contribution in [0.3, 0.4) is 0 Å². The Bertz CT molecular complexity index is 94.1. The molecule has 3 heteroatoms. The van der Waals surface area contributed by atoms with Gasteiger partial charge in [0.2, 0.25) is 0 Å². The van der Waals surface area contributed by atoms with Gasteiger partial charge in [0.05, 0.1) is 6.61 Å². The van der Waals surface area contributed by atoms with Crippen molar-refractivity contribution in [1.82, 2.24) is 0 Å². The van der Waals surface area contributed by atoms with Crippen molar-refractivity contribution in [2.75, 3.05) is 6.61 Å². The van der Waals surface area contributed by atoms with Crippen LogP contribution in [-0.4, -0.2) is 12.6 Å². The third kappa shape index (κ3) is 9.99. The number of carbonyl (C=O) groups is 1. The predicted molar refractivity (Wildman–Crippen MR) is 40.8 cm³/mol. The summed E-state index contributed by atoms with van der Waals surface area (Å²) in [6, 6.07) is 0. The molecule has 0 bridgehead atoms. The van der Waals surface area contributed by atoms with Crippen LogP contribution < -0.4 is 0 Å². The normalized spacial score (nSPS) is 8.55. The van der Waals surface area contributed by atoms with E-state index < -0.39 is 0 Å². The summed E-state index contributed by atoms with van der Waals surface area (Å²) in [6.07, 6.45) is 3.83. The van der Waals surface area contributed by atoms with Crippen LogP contribution in [0.5, 0.6) is 0 Å². The van der Waals surface area contributed by atoms with E-state index in [9.17, 15) is 4.79 Å². The molecule has 0 heterocycles. The van der Waals surface area contributed by atoms with Crippen molar-refractivity contribution in [1.29, 1.82) is 0 Å². The topological polar surface area (TPSA) is 26.3 Å². The zero-order valence-corrected chi connectivity index (χ0v) is 8.31. The molecule has 11 heavy (non-hydrogen) atoms. The number of esters is 1. The maximum Gasteiger partial charge on any atom is 2.00 e. The van der Waals surface area contributed by atoms with Gasteiger partial charge in [-0.3, -0.25) is 4.79 Å². The Morgan fingerprint density at radius 3 is 2.36 bits per heavy atom. The van der Waals surface area contributed by atoms with E-state index in [1.165, 1.54) is 0 Å². The van der Waals surface area contributed by atoms with Crippen molar-refractivity contribution in [2.45, 2.75) is 39.5 Å². The minimum atomic E-state index is -0.0593. The summed E-state index contributed by atoms with van der Waals surface area (Å²) >= 11 is 0. The first-order chi connectivity index (χ1) is 4.81. The maximum absolute atomic E-state index is 10.7. The molecule has 0 rings (SSSR count). The Hall–Kier alpha value is -0.0105. The van der Waals surface area contributed by atoms with Crippen molar-refractivity contribution in [3.05, 3.63) is 0 Å². The van der Waals surface area contributed by atoms with Gasteiger partial charge in [0.1, 0.15) is 0 Å². The largest absolute Gasteiger partial charge is 2.00 e. The fraction of sp³-hybridized carbons (Fsp3) is 0.875. The van der Waals surface area contributed by atoms with Gasteiger partial charge in [0.25, 0.3) is 0 Å². The fourth-order valence-electron chi connectivity index (χ4n) is 0.752. The number of carbonyl (C=O) groups excluding carboxylic acids is 1. The van der Waals surface area contributed by atoms with Gasteiger partial charge in [-0.2, -0.15) is 0 Å². The van der Waals surface area contributed by atoms with E-state index >= 15 is 0 Å². The van der Waals surface area contributed by atoms with E-state index in [0.717, 1.165) is 19.3 Å². The van der Waals surface area contributed by atoms with Crippen LogP contribution in [0.4, 0.5) is 0 Å². The zero-order chi connectivity index (χ0) is 7.82. The minimum absolute atomic E-state index is 0. The summed E-state index contributed by atoms with van der Waals surface area (Å²) in [5.74, 6) is -0.0593. The number of unbranched alkanes of at least 4 members (excludes halogenated alkanes) is 2. The van der Waals surface area contributed by atoms with E-state index in [-0.39, 0.29) is 23.0 Å². The molecule has 0 aliphatic heterocycles. The molecule has 0 atom stereocenters. The van der Waals surface area contributed by atoms with Crippen molar-refractivity contribution in [3.63, 3.8) is 0 Å². The summed E-state index contributed by atoms with van der Waals surface area (Å²) in [5.41, 5.74) is 0. The van der Waals surface area contributed by atoms with Crippen molar-refractivity contribution in [2.24, 2.45) is 0 Å². The van der Waals surface area contributed by atoms with Crippen molar-refractivity contribution >= 4 is 5.97 Å². The second kappa shape index (κ2) is 9.99. The zero-order valence-electron chi connectivity index (χ0n) is 7.21. The summed E-state index contributed by atoms with van der Waals surface area (Å²) in [6.45, 7) is 4.45. The molecule has 0 unspecified atom stereocenters. The molecule has 0 amide bonds. The van der Waals surface area contributed by atoms with Gasteiger partial charge in [0, 0.05) is 6.42 Å². The molecular weight excluding hydrogens is 184 g/mol. The Kier molecular flexibility index (Phi) is 12.3. The molecule has 0 aliphatic carbocycles. The summed E-state index contributed by atoms with van der Waals surface area (Å²) < 4.78 is 4.75. The Labute approximate surface area is 79.2 Å². The third-order valence-corrected chi connectivity index (χ3v) is 1.29. The molecule has 0 fully saturated rings. The quantitative estimate of drug-likeness (QED) is 0.386. The molecule has 0 spiro atoms. The van der Waals surface area contributed by atoms with Gasteiger partial charge in [0.15, 0.2) is 0 Å². The second-order valence-electron chi connectivity index (χ2n) is 2.26. The molecule has 2 nitrogen and oxygen atoms in total. The molecule has 0 radical (unpaired) electrons. The molecule has 0 saturated heterocycles. The van der Waals surface area contributed by atoms with E-state index in [2.05, 4.69) is 6.92 Å². The van der Waals surface area contributed by atoms with Crippen LogP contribution in [0.1, 0.15) is 39.5 Å². The molecule has 0 aromatic heterocycles. The molecule has 0 aromatic carbocycles. The predicted octanol–water partition coefficient (Wildman–Crippen LogP) is 2.13. The molecule has 66 valence electrons. The van der Waals surface area contributed by atoms with Gasteiger partial charge in [-0.05, 0) is 13.3 Å². The number of rotatable bonds is 5.